The highest BCUT2D eigenvalue weighted by Gasteiger charge is 2.18. The zero-order valence-corrected chi connectivity index (χ0v) is 18.9. The van der Waals surface area contributed by atoms with Gasteiger partial charge in [0.05, 0.1) is 6.61 Å². The molecule has 1 heterocycles. The number of ether oxygens (including phenoxy) is 1. The summed E-state index contributed by atoms with van der Waals surface area (Å²) >= 11 is 0. The third kappa shape index (κ3) is 6.28. The maximum absolute atomic E-state index is 12.5. The molecule has 0 saturated heterocycles. The van der Waals surface area contributed by atoms with Gasteiger partial charge in [0, 0.05) is 17.7 Å². The summed E-state index contributed by atoms with van der Waals surface area (Å²) in [6.45, 7) is 2.66. The second-order valence-electron chi connectivity index (χ2n) is 8.32. The summed E-state index contributed by atoms with van der Waals surface area (Å²) in [6.07, 6.45) is 12.2. The molecular weight excluding hydrogens is 404 g/mol. The molecule has 0 saturated carbocycles. The molecule has 1 aromatic heterocycles. The predicted octanol–water partition coefficient (Wildman–Crippen LogP) is 7.17. The number of fused-ring (bicyclic) bond motifs is 1. The largest absolute Gasteiger partial charge is 0.504 e. The van der Waals surface area contributed by atoms with Crippen molar-refractivity contribution in [1.82, 2.24) is 0 Å². The zero-order valence-electron chi connectivity index (χ0n) is 18.9. The first-order chi connectivity index (χ1) is 15.6. The molecule has 5 nitrogen and oxygen atoms in total. The molecule has 0 atom stereocenters. The van der Waals surface area contributed by atoms with E-state index in [0.29, 0.717) is 12.4 Å². The standard InChI is InChI=1S/C27H34O5/c1-2-3-4-5-6-7-8-9-10-14-17-31-24-19-23-25(27(30)26(24)29)21(28)18-22(32-23)20-15-12-11-13-16-20/h11-13,15-16,18-19,29-30H,2-10,14,17H2,1H3. The summed E-state index contributed by atoms with van der Waals surface area (Å²) in [5.41, 5.74) is 0.524. The fourth-order valence-corrected chi connectivity index (χ4v) is 3.90. The minimum atomic E-state index is -0.506. The molecule has 172 valence electrons. The molecule has 0 spiro atoms. The molecule has 0 bridgehead atoms. The molecule has 0 amide bonds. The summed E-state index contributed by atoms with van der Waals surface area (Å²) in [4.78, 5) is 12.5. The first-order valence-electron chi connectivity index (χ1n) is 11.8. The van der Waals surface area contributed by atoms with E-state index in [1.54, 1.807) is 0 Å². The van der Waals surface area contributed by atoms with Gasteiger partial charge < -0.3 is 19.4 Å². The molecule has 3 rings (SSSR count). The van der Waals surface area contributed by atoms with Gasteiger partial charge in [-0.25, -0.2) is 0 Å². The van der Waals surface area contributed by atoms with Crippen molar-refractivity contribution < 1.29 is 19.4 Å². The van der Waals surface area contributed by atoms with E-state index in [9.17, 15) is 15.0 Å². The van der Waals surface area contributed by atoms with Crippen LogP contribution in [0.25, 0.3) is 22.3 Å². The highest BCUT2D eigenvalue weighted by molar-refractivity contribution is 5.89. The fourth-order valence-electron chi connectivity index (χ4n) is 3.90. The summed E-state index contributed by atoms with van der Waals surface area (Å²) in [7, 11) is 0. The van der Waals surface area contributed by atoms with E-state index in [1.165, 1.54) is 63.5 Å². The average molecular weight is 439 g/mol. The quantitative estimate of drug-likeness (QED) is 0.218. The molecule has 0 radical (unpaired) electrons. The van der Waals surface area contributed by atoms with Crippen LogP contribution < -0.4 is 10.2 Å². The monoisotopic (exact) mass is 438 g/mol. The molecule has 3 aromatic rings. The van der Waals surface area contributed by atoms with Crippen LogP contribution in [0.1, 0.15) is 71.1 Å². The smallest absolute Gasteiger partial charge is 0.201 e. The summed E-state index contributed by atoms with van der Waals surface area (Å²) in [5.74, 6) is -0.411. The van der Waals surface area contributed by atoms with Gasteiger partial charge in [0.1, 0.15) is 16.7 Å². The third-order valence-electron chi connectivity index (χ3n) is 5.75. The van der Waals surface area contributed by atoms with Gasteiger partial charge in [0.2, 0.25) is 5.75 Å². The molecule has 0 aliphatic heterocycles. The number of phenolic OH excluding ortho intramolecular Hbond substituents is 2. The highest BCUT2D eigenvalue weighted by atomic mass is 16.5. The van der Waals surface area contributed by atoms with Crippen molar-refractivity contribution in [1.29, 1.82) is 0 Å². The van der Waals surface area contributed by atoms with Gasteiger partial charge >= 0.3 is 0 Å². The Morgan fingerprint density at radius 2 is 1.44 bits per heavy atom. The SMILES string of the molecule is CCCCCCCCCCCCOc1cc2oc(-c3ccccc3)cc(=O)c2c(O)c1O. The second kappa shape index (κ2) is 12.2. The highest BCUT2D eigenvalue weighted by Crippen LogP contribution is 2.41. The first kappa shape index (κ1) is 23.7. The lowest BCUT2D eigenvalue weighted by Gasteiger charge is -2.11. The van der Waals surface area contributed by atoms with Crippen LogP contribution >= 0.6 is 0 Å². The number of hydrogen-bond donors (Lipinski definition) is 2. The van der Waals surface area contributed by atoms with E-state index >= 15 is 0 Å². The Morgan fingerprint density at radius 3 is 2.09 bits per heavy atom. The summed E-state index contributed by atoms with van der Waals surface area (Å²) < 4.78 is 11.6. The Bertz CT molecular complexity index is 1040. The molecule has 32 heavy (non-hydrogen) atoms. The zero-order chi connectivity index (χ0) is 22.8. The number of rotatable bonds is 13. The lowest BCUT2D eigenvalue weighted by Crippen LogP contribution is -2.03. The predicted molar refractivity (Wildman–Crippen MR) is 129 cm³/mol. The van der Waals surface area contributed by atoms with Gasteiger partial charge in [-0.2, -0.15) is 0 Å². The molecule has 0 aliphatic carbocycles. The lowest BCUT2D eigenvalue weighted by atomic mass is 10.1. The van der Waals surface area contributed by atoms with Crippen LogP contribution in [-0.4, -0.2) is 16.8 Å². The summed E-state index contributed by atoms with van der Waals surface area (Å²) in [5, 5.41) is 20.6. The van der Waals surface area contributed by atoms with Gasteiger partial charge in [-0.3, -0.25) is 4.79 Å². The molecule has 0 fully saturated rings. The number of hydrogen-bond acceptors (Lipinski definition) is 5. The van der Waals surface area contributed by atoms with Crippen molar-refractivity contribution in [3.8, 4) is 28.6 Å². The van der Waals surface area contributed by atoms with Crippen LogP contribution in [0.3, 0.4) is 0 Å². The Labute approximate surface area is 189 Å². The molecule has 2 N–H and O–H groups in total. The number of benzene rings is 2. The van der Waals surface area contributed by atoms with Gasteiger partial charge in [-0.1, -0.05) is 95.0 Å². The van der Waals surface area contributed by atoms with Crippen LogP contribution in [0.15, 0.2) is 51.7 Å². The Hall–Kier alpha value is -2.95. The van der Waals surface area contributed by atoms with Crippen molar-refractivity contribution >= 4 is 11.0 Å². The Kier molecular flexibility index (Phi) is 9.02. The van der Waals surface area contributed by atoms with E-state index in [-0.39, 0.29) is 16.7 Å². The molecule has 0 unspecified atom stereocenters. The normalized spacial score (nSPS) is 11.2. The molecule has 5 heteroatoms. The Balaban J connectivity index is 1.56. The van der Waals surface area contributed by atoms with Crippen LogP contribution in [0.5, 0.6) is 17.2 Å². The molecular formula is C27H34O5. The van der Waals surface area contributed by atoms with E-state index < -0.39 is 16.9 Å². The molecule has 2 aromatic carbocycles. The van der Waals surface area contributed by atoms with Crippen LogP contribution in [-0.2, 0) is 0 Å². The van der Waals surface area contributed by atoms with E-state index in [0.717, 1.165) is 18.4 Å². The maximum atomic E-state index is 12.5. The van der Waals surface area contributed by atoms with Crippen LogP contribution in [0.4, 0.5) is 0 Å². The summed E-state index contributed by atoms with van der Waals surface area (Å²) in [6, 6.07) is 12.1. The van der Waals surface area contributed by atoms with Gasteiger partial charge in [0.15, 0.2) is 16.9 Å². The van der Waals surface area contributed by atoms with Gasteiger partial charge in [-0.05, 0) is 6.42 Å². The van der Waals surface area contributed by atoms with Crippen molar-refractivity contribution in [2.45, 2.75) is 71.1 Å². The minimum absolute atomic E-state index is 0.0477. The van der Waals surface area contributed by atoms with Gasteiger partial charge in [0.25, 0.3) is 0 Å². The van der Waals surface area contributed by atoms with E-state index in [2.05, 4.69) is 6.92 Å². The second-order valence-corrected chi connectivity index (χ2v) is 8.32. The third-order valence-corrected chi connectivity index (χ3v) is 5.75. The van der Waals surface area contributed by atoms with E-state index in [1.807, 2.05) is 30.3 Å². The average Bonchev–Trinajstić information content (AvgIpc) is 2.80. The Morgan fingerprint density at radius 1 is 0.812 bits per heavy atom. The number of phenols is 2. The van der Waals surface area contributed by atoms with Crippen molar-refractivity contribution in [2.75, 3.05) is 6.61 Å². The van der Waals surface area contributed by atoms with E-state index in [4.69, 9.17) is 9.15 Å². The van der Waals surface area contributed by atoms with Crippen molar-refractivity contribution in [3.63, 3.8) is 0 Å². The minimum Gasteiger partial charge on any atom is -0.504 e. The van der Waals surface area contributed by atoms with Crippen LogP contribution in [0, 0.1) is 0 Å². The van der Waals surface area contributed by atoms with Gasteiger partial charge in [-0.15, -0.1) is 0 Å². The first-order valence-corrected chi connectivity index (χ1v) is 11.8. The maximum Gasteiger partial charge on any atom is 0.201 e. The molecule has 0 aliphatic rings. The van der Waals surface area contributed by atoms with Crippen LogP contribution in [0.2, 0.25) is 0 Å². The van der Waals surface area contributed by atoms with Crippen molar-refractivity contribution in [3.05, 3.63) is 52.7 Å². The lowest BCUT2D eigenvalue weighted by molar-refractivity contribution is 0.283. The fraction of sp³-hybridized carbons (Fsp3) is 0.444. The van der Waals surface area contributed by atoms with Crippen molar-refractivity contribution in [2.24, 2.45) is 0 Å². The number of unbranched alkanes of at least 4 members (excludes halogenated alkanes) is 9. The topological polar surface area (TPSA) is 79.9 Å². The number of aromatic hydroxyl groups is 2.